The lowest BCUT2D eigenvalue weighted by molar-refractivity contribution is -0.138. The molecule has 0 saturated carbocycles. The molecule has 5 aromatic heterocycles. The van der Waals surface area contributed by atoms with Gasteiger partial charge >= 0.3 is 12.4 Å². The summed E-state index contributed by atoms with van der Waals surface area (Å²) in [5.74, 6) is -0.230. The fourth-order valence-electron chi connectivity index (χ4n) is 14.6. The van der Waals surface area contributed by atoms with E-state index in [2.05, 4.69) is 233 Å². The smallest absolute Gasteiger partial charge is 0.416 e. The largest absolute Gasteiger partial charge is 0.497 e. The highest BCUT2D eigenvalue weighted by Gasteiger charge is 2.34. The molecule has 139 heavy (non-hydrogen) atoms. The fraction of sp³-hybridized carbons (Fsp3) is 0.286. The van der Waals surface area contributed by atoms with Gasteiger partial charge in [0.1, 0.15) is 61.6 Å². The van der Waals surface area contributed by atoms with Crippen LogP contribution in [-0.4, -0.2) is 87.6 Å². The third kappa shape index (κ3) is 32.9. The first-order chi connectivity index (χ1) is 66.5. The zero-order chi connectivity index (χ0) is 100. The van der Waals surface area contributed by atoms with Crippen LogP contribution < -0.4 is 31.3 Å². The van der Waals surface area contributed by atoms with E-state index >= 15 is 0 Å². The molecule has 15 rings (SSSR count). The number of nitrogens with one attached hydrogen (secondary N) is 5. The number of alkyl halides is 6. The number of aromatic nitrogens is 10. The Morgan fingerprint density at radius 3 is 0.835 bits per heavy atom. The average molecular weight is 2050 g/mol. The molecule has 5 heterocycles. The van der Waals surface area contributed by atoms with Crippen LogP contribution in [0.2, 0.25) is 0 Å². The second kappa shape index (κ2) is 51.2. The minimum Gasteiger partial charge on any atom is -0.497 e. The van der Waals surface area contributed by atoms with E-state index in [4.69, 9.17) is 4.74 Å². The molecular weight excluding hydrogens is 1940 g/mol. The van der Waals surface area contributed by atoms with E-state index in [1.807, 2.05) is 72.8 Å². The average Bonchev–Trinajstić information content (AvgIpc) is 1.78. The number of halogens is 8. The SMILES string of the molecule is CCc1ccc(CC(NC(C)=O)c2nnc(-c3cc(Br)cc(C(F)(F)F)c3)s2)cc1.CCc1ccc(CC(NC(C)=O)c2nnc(-c3cc(C)cc(C)c3)s2)cc1.CCc1ccc(CC(NC(C)=O)c2nnc(-c3cccc(C(F)(F)F)c3)s2)cc1.CCc1ccc(CC(NC(C)=O)c2nnc(-c3cccc(F)c3)s2)cc1.CCc1ccc(CC(NC(C)=O)c2nnc(-c3cccc(OC)c3)s2)cc1. The number of carbonyl (C=O) groups excluding carboxylic acids is 5. The molecule has 21 nitrogen and oxygen atoms in total. The minimum absolute atomic E-state index is 0.0617. The van der Waals surface area contributed by atoms with Gasteiger partial charge in [0.25, 0.3) is 0 Å². The molecule has 724 valence electrons. The molecule has 0 aliphatic heterocycles. The molecule has 5 N–H and O–H groups in total. The summed E-state index contributed by atoms with van der Waals surface area (Å²) >= 11 is 9.87. The predicted molar refractivity (Wildman–Crippen MR) is 541 cm³/mol. The molecule has 34 heteroatoms. The van der Waals surface area contributed by atoms with Crippen LogP contribution in [0.3, 0.4) is 0 Å². The number of nitrogens with zero attached hydrogens (tertiary/aromatic N) is 10. The highest BCUT2D eigenvalue weighted by Crippen LogP contribution is 2.40. The molecular formula is C105H107BrF7N15O6S5. The molecule has 5 unspecified atom stereocenters. The number of amides is 5. The van der Waals surface area contributed by atoms with E-state index in [1.54, 1.807) is 49.6 Å². The van der Waals surface area contributed by atoms with Crippen molar-refractivity contribution in [1.82, 2.24) is 77.6 Å². The van der Waals surface area contributed by atoms with Gasteiger partial charge in [-0.05, 0) is 200 Å². The van der Waals surface area contributed by atoms with Crippen molar-refractivity contribution < 1.29 is 59.4 Å². The number of hydrogen-bond acceptors (Lipinski definition) is 21. The second-order valence-electron chi connectivity index (χ2n) is 32.8. The molecule has 0 aliphatic rings. The Balaban J connectivity index is 0.000000167. The maximum absolute atomic E-state index is 13.4. The van der Waals surface area contributed by atoms with Crippen LogP contribution >= 0.6 is 72.6 Å². The lowest BCUT2D eigenvalue weighted by Crippen LogP contribution is -2.27. The van der Waals surface area contributed by atoms with Crippen LogP contribution in [0.5, 0.6) is 5.75 Å². The molecule has 0 aliphatic carbocycles. The first kappa shape index (κ1) is 107. The van der Waals surface area contributed by atoms with Crippen molar-refractivity contribution in [2.45, 2.75) is 190 Å². The summed E-state index contributed by atoms with van der Waals surface area (Å²) in [6.45, 7) is 22.1. The van der Waals surface area contributed by atoms with Gasteiger partial charge in [-0.3, -0.25) is 24.0 Å². The van der Waals surface area contributed by atoms with Crippen LogP contribution in [0.4, 0.5) is 30.7 Å². The van der Waals surface area contributed by atoms with Gasteiger partial charge in [-0.15, -0.1) is 51.0 Å². The normalized spacial score (nSPS) is 12.2. The highest BCUT2D eigenvalue weighted by molar-refractivity contribution is 9.10. The van der Waals surface area contributed by atoms with Crippen LogP contribution in [0.15, 0.2) is 235 Å². The Kier molecular flexibility index (Phi) is 39.2. The molecule has 0 fully saturated rings. The molecule has 0 bridgehead atoms. The summed E-state index contributed by atoms with van der Waals surface area (Å²) in [4.78, 5) is 58.5. The lowest BCUT2D eigenvalue weighted by Gasteiger charge is -2.15. The molecule has 0 radical (unpaired) electrons. The Morgan fingerprint density at radius 1 is 0.309 bits per heavy atom. The van der Waals surface area contributed by atoms with Gasteiger partial charge in [0.2, 0.25) is 29.5 Å². The van der Waals surface area contributed by atoms with E-state index in [-0.39, 0.29) is 53.5 Å². The summed E-state index contributed by atoms with van der Waals surface area (Å²) in [6, 6.07) is 69.0. The third-order valence-electron chi connectivity index (χ3n) is 21.7. The van der Waals surface area contributed by atoms with E-state index in [0.29, 0.717) is 83.3 Å². The van der Waals surface area contributed by atoms with E-state index in [1.165, 1.54) is 136 Å². The third-order valence-corrected chi connectivity index (χ3v) is 27.6. The Morgan fingerprint density at radius 2 is 0.561 bits per heavy atom. The number of aryl methyl sites for hydroxylation is 7. The van der Waals surface area contributed by atoms with E-state index in [0.717, 1.165) is 116 Å². The lowest BCUT2D eigenvalue weighted by atomic mass is 10.0. The van der Waals surface area contributed by atoms with Gasteiger partial charge in [-0.2, -0.15) is 26.3 Å². The first-order valence-corrected chi connectivity index (χ1v) is 49.8. The molecule has 0 saturated heterocycles. The zero-order valence-electron chi connectivity index (χ0n) is 78.9. The number of ether oxygens (including phenoxy) is 1. The van der Waals surface area contributed by atoms with Crippen molar-refractivity contribution in [3.63, 3.8) is 0 Å². The summed E-state index contributed by atoms with van der Waals surface area (Å²) in [5, 5.41) is 63.5. The summed E-state index contributed by atoms with van der Waals surface area (Å²) in [7, 11) is 1.64. The van der Waals surface area contributed by atoms with Gasteiger partial charge in [0.15, 0.2) is 0 Å². The molecule has 5 amide bonds. The monoisotopic (exact) mass is 2050 g/mol. The van der Waals surface area contributed by atoms with Crippen LogP contribution in [0, 0.1) is 19.7 Å². The molecule has 0 spiro atoms. The van der Waals surface area contributed by atoms with E-state index < -0.39 is 35.6 Å². The summed E-state index contributed by atoms with van der Waals surface area (Å²) < 4.78 is 97.4. The van der Waals surface area contributed by atoms with Crippen molar-refractivity contribution in [2.24, 2.45) is 0 Å². The van der Waals surface area contributed by atoms with Gasteiger partial charge in [0.05, 0.1) is 48.4 Å². The highest BCUT2D eigenvalue weighted by atomic mass is 79.9. The van der Waals surface area contributed by atoms with Crippen LogP contribution in [0.25, 0.3) is 52.9 Å². The van der Waals surface area contributed by atoms with Crippen LogP contribution in [-0.2, 0) is 101 Å². The van der Waals surface area contributed by atoms with Crippen molar-refractivity contribution in [2.75, 3.05) is 7.11 Å². The molecule has 10 aromatic carbocycles. The standard InChI is InChI=1S/C22H25N3OS.C21H19BrF3N3OS.C21H20F3N3OS.C21H23N3O2S.C20H20FN3OS/c1-5-17-6-8-18(9-7-17)13-20(23-16(4)26)22-25-24-21(27-22)19-11-14(2)10-15(3)12-19;1-3-13-4-6-14(7-5-13)8-18(26-12(2)29)20-28-27-19(30-20)15-9-16(21(23,24)25)11-17(22)10-15;1-3-14-7-9-15(10-8-14)11-18(25-13(2)28)20-27-26-19(29-20)16-5-4-6-17(12-16)21(22,23)24;1-4-15-8-10-16(11-9-15)12-19(22-14(2)25)21-24-23-20(27-21)17-6-5-7-18(13-17)26-3;1-3-14-7-9-15(10-8-14)11-18(22-13(2)25)20-24-23-19(26-20)16-5-4-6-17(21)12-16/h6-12,20H,5,13H2,1-4H3,(H,23,26);4-7,9-11,18H,3,8H2,1-2H3,(H,26,29);4-10,12,18H,3,11H2,1-2H3,(H,25,28);5-11,13,19H,4,12H2,1-3H3,(H,22,25);4-10,12,18H,3,11H2,1-2H3,(H,22,25). The zero-order valence-corrected chi connectivity index (χ0v) is 84.6. The van der Waals surface area contributed by atoms with Gasteiger partial charge in [-0.1, -0.05) is 282 Å². The minimum atomic E-state index is -4.46. The topological polar surface area (TPSA) is 284 Å². The maximum Gasteiger partial charge on any atom is 0.416 e. The number of benzene rings is 10. The Labute approximate surface area is 832 Å². The number of methoxy groups -OCH3 is 1. The quantitative estimate of drug-likeness (QED) is 0.0252. The molecule has 5 atom stereocenters. The molecule has 15 aromatic rings. The number of carbonyl (C=O) groups is 5. The number of rotatable bonds is 31. The van der Waals surface area contributed by atoms with Crippen molar-refractivity contribution in [3.8, 4) is 58.6 Å². The Bertz CT molecular complexity index is 6560. The summed E-state index contributed by atoms with van der Waals surface area (Å²) in [5.41, 5.74) is 16.1. The fourth-order valence-corrected chi connectivity index (χ4v) is 19.5. The van der Waals surface area contributed by atoms with Crippen molar-refractivity contribution in [1.29, 1.82) is 0 Å². The van der Waals surface area contributed by atoms with Crippen molar-refractivity contribution in [3.05, 3.63) is 344 Å². The van der Waals surface area contributed by atoms with Gasteiger partial charge in [0, 0.05) is 66.9 Å². The Hall–Kier alpha value is -12.9. The van der Waals surface area contributed by atoms with Crippen molar-refractivity contribution >= 4 is 102 Å². The van der Waals surface area contributed by atoms with E-state index in [9.17, 15) is 54.7 Å². The van der Waals surface area contributed by atoms with Gasteiger partial charge < -0.3 is 31.3 Å². The van der Waals surface area contributed by atoms with Gasteiger partial charge in [-0.25, -0.2) is 4.39 Å². The summed E-state index contributed by atoms with van der Waals surface area (Å²) in [6.07, 6.45) is -0.978. The number of hydrogen-bond donors (Lipinski definition) is 5. The first-order valence-electron chi connectivity index (χ1n) is 45.0. The predicted octanol–water partition coefficient (Wildman–Crippen LogP) is 24.5. The van der Waals surface area contributed by atoms with Crippen LogP contribution in [0.1, 0.15) is 202 Å². The maximum atomic E-state index is 13.4. The second-order valence-corrected chi connectivity index (χ2v) is 38.7.